The van der Waals surface area contributed by atoms with E-state index in [2.05, 4.69) is 5.32 Å². The van der Waals surface area contributed by atoms with Gasteiger partial charge < -0.3 is 10.2 Å². The van der Waals surface area contributed by atoms with Crippen molar-refractivity contribution in [3.05, 3.63) is 35.9 Å². The summed E-state index contributed by atoms with van der Waals surface area (Å²) >= 11 is 0. The first-order valence-corrected chi connectivity index (χ1v) is 8.20. The Kier molecular flexibility index (Phi) is 6.32. The van der Waals surface area contributed by atoms with Gasteiger partial charge in [-0.15, -0.1) is 0 Å². The Morgan fingerprint density at radius 1 is 1.13 bits per heavy atom. The van der Waals surface area contributed by atoms with Gasteiger partial charge in [0.2, 0.25) is 11.8 Å². The summed E-state index contributed by atoms with van der Waals surface area (Å²) < 4.78 is 0. The zero-order chi connectivity index (χ0) is 16.7. The van der Waals surface area contributed by atoms with Crippen molar-refractivity contribution in [1.29, 1.82) is 0 Å². The summed E-state index contributed by atoms with van der Waals surface area (Å²) in [5.41, 5.74) is 0.676. The van der Waals surface area contributed by atoms with Crippen molar-refractivity contribution in [3.63, 3.8) is 0 Å². The number of amides is 2. The molecule has 2 rings (SSSR count). The molecule has 1 aliphatic rings. The lowest BCUT2D eigenvalue weighted by molar-refractivity contribution is -0.137. The van der Waals surface area contributed by atoms with Crippen LogP contribution in [0.3, 0.4) is 0 Å². The maximum absolute atomic E-state index is 12.5. The number of nitrogens with zero attached hydrogens (tertiary/aromatic N) is 1. The van der Waals surface area contributed by atoms with Gasteiger partial charge in [0.05, 0.1) is 0 Å². The molecular formula is C18H24N2O3. The predicted octanol–water partition coefficient (Wildman–Crippen LogP) is 2.17. The van der Waals surface area contributed by atoms with Crippen LogP contribution in [0, 0.1) is 0 Å². The first-order chi connectivity index (χ1) is 11.1. The molecule has 0 spiro atoms. The van der Waals surface area contributed by atoms with Crippen molar-refractivity contribution < 1.29 is 14.4 Å². The smallest absolute Gasteiger partial charge is 0.232 e. The highest BCUT2D eigenvalue weighted by atomic mass is 16.2. The molecule has 23 heavy (non-hydrogen) atoms. The first-order valence-electron chi connectivity index (χ1n) is 8.20. The minimum absolute atomic E-state index is 0.0512. The lowest BCUT2D eigenvalue weighted by atomic mass is 9.99. The third kappa shape index (κ3) is 4.91. The van der Waals surface area contributed by atoms with E-state index >= 15 is 0 Å². The second kappa shape index (κ2) is 8.46. The van der Waals surface area contributed by atoms with Crippen molar-refractivity contribution in [3.8, 4) is 0 Å². The number of carbonyl (C=O) groups is 3. The van der Waals surface area contributed by atoms with Crippen molar-refractivity contribution in [2.24, 2.45) is 0 Å². The summed E-state index contributed by atoms with van der Waals surface area (Å²) in [6.45, 7) is 0.628. The molecule has 1 heterocycles. The molecule has 1 N–H and O–H groups in total. The zero-order valence-electron chi connectivity index (χ0n) is 13.6. The lowest BCUT2D eigenvalue weighted by Crippen LogP contribution is -2.43. The first kappa shape index (κ1) is 17.2. The molecule has 1 saturated heterocycles. The average Bonchev–Trinajstić information content (AvgIpc) is 2.81. The van der Waals surface area contributed by atoms with Crippen molar-refractivity contribution in [2.75, 3.05) is 13.6 Å². The number of hydrogen-bond acceptors (Lipinski definition) is 3. The summed E-state index contributed by atoms with van der Waals surface area (Å²) in [6, 6.07) is 9.05. The van der Waals surface area contributed by atoms with Gasteiger partial charge in [-0.25, -0.2) is 0 Å². The summed E-state index contributed by atoms with van der Waals surface area (Å²) in [5.74, 6) is -0.417. The molecule has 0 saturated carbocycles. The minimum atomic E-state index is -0.285. The highest BCUT2D eigenvalue weighted by Gasteiger charge is 2.28. The largest absolute Gasteiger partial charge is 0.359 e. The van der Waals surface area contributed by atoms with Crippen LogP contribution in [-0.4, -0.2) is 42.1 Å². The quantitative estimate of drug-likeness (QED) is 0.669. The molecule has 124 valence electrons. The van der Waals surface area contributed by atoms with E-state index in [1.165, 1.54) is 7.05 Å². The molecule has 1 atom stereocenters. The summed E-state index contributed by atoms with van der Waals surface area (Å²) in [6.07, 6.45) is 3.99. The molecule has 2 amide bonds. The summed E-state index contributed by atoms with van der Waals surface area (Å²) in [5, 5.41) is 2.48. The van der Waals surface area contributed by atoms with Crippen LogP contribution < -0.4 is 5.32 Å². The van der Waals surface area contributed by atoms with Crippen molar-refractivity contribution in [2.45, 2.75) is 44.6 Å². The SMILES string of the molecule is CNC(=O)CC(=O)N1CCCCC[C@@H]1CC(=O)c1ccccc1. The van der Waals surface area contributed by atoms with Crippen LogP contribution in [0.5, 0.6) is 0 Å². The topological polar surface area (TPSA) is 66.5 Å². The van der Waals surface area contributed by atoms with Crippen LogP contribution >= 0.6 is 0 Å². The number of carbonyl (C=O) groups excluding carboxylic acids is 3. The highest BCUT2D eigenvalue weighted by Crippen LogP contribution is 2.22. The third-order valence-electron chi connectivity index (χ3n) is 4.30. The van der Waals surface area contributed by atoms with Crippen LogP contribution in [0.4, 0.5) is 0 Å². The number of benzene rings is 1. The maximum atomic E-state index is 12.5. The molecule has 0 unspecified atom stereocenters. The fourth-order valence-corrected chi connectivity index (χ4v) is 3.00. The van der Waals surface area contributed by atoms with E-state index in [9.17, 15) is 14.4 Å². The Morgan fingerprint density at radius 3 is 2.57 bits per heavy atom. The van der Waals surface area contributed by atoms with Gasteiger partial charge in [0.25, 0.3) is 0 Å². The second-order valence-electron chi connectivity index (χ2n) is 5.93. The molecule has 1 aliphatic heterocycles. The molecule has 5 nitrogen and oxygen atoms in total. The van der Waals surface area contributed by atoms with Gasteiger partial charge in [-0.05, 0) is 12.8 Å². The molecule has 0 aliphatic carbocycles. The Labute approximate surface area is 137 Å². The van der Waals surface area contributed by atoms with Crippen LogP contribution in [0.1, 0.15) is 48.9 Å². The van der Waals surface area contributed by atoms with Gasteiger partial charge in [0.15, 0.2) is 5.78 Å². The molecule has 0 radical (unpaired) electrons. The van der Waals surface area contributed by atoms with Crippen molar-refractivity contribution >= 4 is 17.6 Å². The van der Waals surface area contributed by atoms with Crippen LogP contribution in [0.15, 0.2) is 30.3 Å². The van der Waals surface area contributed by atoms with Gasteiger partial charge in [-0.1, -0.05) is 43.2 Å². The van der Waals surface area contributed by atoms with E-state index in [0.29, 0.717) is 18.5 Å². The highest BCUT2D eigenvalue weighted by molar-refractivity contribution is 5.98. The standard InChI is InChI=1S/C18H24N2O3/c1-19-17(22)13-18(23)20-11-7-3-6-10-15(20)12-16(21)14-8-4-2-5-9-14/h2,4-5,8-9,15H,3,6-7,10-13H2,1H3,(H,19,22)/t15-/m1/s1. The zero-order valence-corrected chi connectivity index (χ0v) is 13.6. The minimum Gasteiger partial charge on any atom is -0.359 e. The predicted molar refractivity (Wildman–Crippen MR) is 88.0 cm³/mol. The number of rotatable bonds is 5. The molecule has 1 aromatic carbocycles. The van der Waals surface area contributed by atoms with Gasteiger partial charge in [-0.2, -0.15) is 0 Å². The van der Waals surface area contributed by atoms with E-state index < -0.39 is 0 Å². The number of likely N-dealkylation sites (tertiary alicyclic amines) is 1. The second-order valence-corrected chi connectivity index (χ2v) is 5.93. The molecule has 1 fully saturated rings. The van der Waals surface area contributed by atoms with E-state index in [1.54, 1.807) is 17.0 Å². The molecular weight excluding hydrogens is 292 g/mol. The normalized spacial score (nSPS) is 18.1. The Bertz CT molecular complexity index is 557. The van der Waals surface area contributed by atoms with Gasteiger partial charge in [0, 0.05) is 31.6 Å². The van der Waals surface area contributed by atoms with Gasteiger partial charge in [-0.3, -0.25) is 14.4 Å². The van der Waals surface area contributed by atoms with E-state index in [0.717, 1.165) is 25.7 Å². The molecule has 5 heteroatoms. The van der Waals surface area contributed by atoms with E-state index in [1.807, 2.05) is 18.2 Å². The maximum Gasteiger partial charge on any atom is 0.232 e. The van der Waals surface area contributed by atoms with Gasteiger partial charge in [0.1, 0.15) is 6.42 Å². The monoisotopic (exact) mass is 316 g/mol. The Morgan fingerprint density at radius 2 is 1.87 bits per heavy atom. The lowest BCUT2D eigenvalue weighted by Gasteiger charge is -2.29. The number of nitrogens with one attached hydrogen (secondary N) is 1. The fraction of sp³-hybridized carbons (Fsp3) is 0.500. The molecule has 1 aromatic rings. The van der Waals surface area contributed by atoms with E-state index in [4.69, 9.17) is 0 Å². The molecule has 0 bridgehead atoms. The van der Waals surface area contributed by atoms with Crippen LogP contribution in [0.2, 0.25) is 0 Å². The number of Topliss-reactive ketones (excluding diaryl/α,β-unsaturated/α-hetero) is 1. The fourth-order valence-electron chi connectivity index (χ4n) is 3.00. The number of hydrogen-bond donors (Lipinski definition) is 1. The summed E-state index contributed by atoms with van der Waals surface area (Å²) in [4.78, 5) is 38.1. The van der Waals surface area contributed by atoms with Crippen LogP contribution in [0.25, 0.3) is 0 Å². The van der Waals surface area contributed by atoms with Gasteiger partial charge >= 0.3 is 0 Å². The number of ketones is 1. The Hall–Kier alpha value is -2.17. The summed E-state index contributed by atoms with van der Waals surface area (Å²) in [7, 11) is 1.52. The molecule has 0 aromatic heterocycles. The average molecular weight is 316 g/mol. The Balaban J connectivity index is 2.07. The van der Waals surface area contributed by atoms with E-state index in [-0.39, 0.29) is 30.1 Å². The van der Waals surface area contributed by atoms with Crippen molar-refractivity contribution in [1.82, 2.24) is 10.2 Å². The third-order valence-corrected chi connectivity index (χ3v) is 4.30. The van der Waals surface area contributed by atoms with Crippen LogP contribution in [-0.2, 0) is 9.59 Å².